The maximum absolute atomic E-state index is 9.34. The van der Waals surface area contributed by atoms with Crippen LogP contribution in [0.4, 0.5) is 11.5 Å². The van der Waals surface area contributed by atoms with Crippen LogP contribution in [0.15, 0.2) is 24.3 Å². The summed E-state index contributed by atoms with van der Waals surface area (Å²) in [5.74, 6) is 0.524. The summed E-state index contributed by atoms with van der Waals surface area (Å²) >= 11 is 0. The SMILES string of the molecule is CB(O)Nc1ccc(C)c(CCc2cc(N)n[nH]2)c1. The Kier molecular flexibility index (Phi) is 4.11. The maximum Gasteiger partial charge on any atom is 0.406 e. The highest BCUT2D eigenvalue weighted by atomic mass is 16.2. The molecule has 2 rings (SSSR count). The van der Waals surface area contributed by atoms with Crippen LogP contribution >= 0.6 is 0 Å². The highest BCUT2D eigenvalue weighted by molar-refractivity contribution is 6.52. The average molecular weight is 258 g/mol. The number of nitrogens with one attached hydrogen (secondary N) is 2. The number of anilines is 2. The first-order valence-corrected chi connectivity index (χ1v) is 6.38. The van der Waals surface area contributed by atoms with Crippen molar-refractivity contribution in [1.29, 1.82) is 0 Å². The number of aromatic nitrogens is 2. The summed E-state index contributed by atoms with van der Waals surface area (Å²) in [4.78, 5) is 0. The summed E-state index contributed by atoms with van der Waals surface area (Å²) in [6.45, 7) is 3.79. The zero-order valence-corrected chi connectivity index (χ0v) is 11.3. The van der Waals surface area contributed by atoms with E-state index in [4.69, 9.17) is 5.73 Å². The van der Waals surface area contributed by atoms with Gasteiger partial charge in [0.25, 0.3) is 0 Å². The third-order valence-corrected chi connectivity index (χ3v) is 3.04. The van der Waals surface area contributed by atoms with E-state index < -0.39 is 7.05 Å². The third-order valence-electron chi connectivity index (χ3n) is 3.04. The Morgan fingerprint density at radius 3 is 2.79 bits per heavy atom. The molecule has 1 aromatic heterocycles. The van der Waals surface area contributed by atoms with Crippen LogP contribution in [-0.4, -0.2) is 22.3 Å². The first-order valence-electron chi connectivity index (χ1n) is 6.38. The van der Waals surface area contributed by atoms with E-state index in [0.717, 1.165) is 24.2 Å². The fraction of sp³-hybridized carbons (Fsp3) is 0.308. The van der Waals surface area contributed by atoms with Gasteiger partial charge in [0.2, 0.25) is 0 Å². The number of nitrogens with zero attached hydrogens (tertiary/aromatic N) is 1. The number of hydrogen-bond acceptors (Lipinski definition) is 4. The number of nitrogens with two attached hydrogens (primary N) is 1. The topological polar surface area (TPSA) is 87.0 Å². The molecule has 19 heavy (non-hydrogen) atoms. The minimum atomic E-state index is -0.553. The summed E-state index contributed by atoms with van der Waals surface area (Å²) in [7, 11) is -0.553. The predicted octanol–water partition coefficient (Wildman–Crippen LogP) is 1.61. The van der Waals surface area contributed by atoms with Crippen molar-refractivity contribution in [2.45, 2.75) is 26.6 Å². The van der Waals surface area contributed by atoms with Crippen LogP contribution in [0, 0.1) is 6.92 Å². The Labute approximate surface area is 113 Å². The van der Waals surface area contributed by atoms with Crippen LogP contribution in [0.1, 0.15) is 16.8 Å². The number of H-pyrrole nitrogens is 1. The molecule has 0 aliphatic rings. The smallest absolute Gasteiger partial charge is 0.406 e. The minimum Gasteiger partial charge on any atom is -0.433 e. The predicted molar refractivity (Wildman–Crippen MR) is 79.0 cm³/mol. The molecule has 5 nitrogen and oxygen atoms in total. The van der Waals surface area contributed by atoms with E-state index in [9.17, 15) is 5.02 Å². The lowest BCUT2D eigenvalue weighted by Gasteiger charge is -2.11. The van der Waals surface area contributed by atoms with Crippen LogP contribution in [-0.2, 0) is 12.8 Å². The Morgan fingerprint density at radius 2 is 2.16 bits per heavy atom. The van der Waals surface area contributed by atoms with Gasteiger partial charge in [-0.1, -0.05) is 6.07 Å². The van der Waals surface area contributed by atoms with Crippen LogP contribution in [0.3, 0.4) is 0 Å². The molecule has 0 fully saturated rings. The van der Waals surface area contributed by atoms with Crippen LogP contribution in [0.2, 0.25) is 6.82 Å². The Balaban J connectivity index is 2.06. The third kappa shape index (κ3) is 3.76. The minimum absolute atomic E-state index is 0.524. The van der Waals surface area contributed by atoms with Crippen molar-refractivity contribution in [2.24, 2.45) is 0 Å². The summed E-state index contributed by atoms with van der Waals surface area (Å²) in [6, 6.07) is 7.95. The van der Waals surface area contributed by atoms with E-state index in [1.54, 1.807) is 6.82 Å². The molecule has 1 aromatic carbocycles. The molecule has 0 saturated heterocycles. The number of nitrogen functional groups attached to an aromatic ring is 1. The molecule has 6 heteroatoms. The fourth-order valence-corrected chi connectivity index (χ4v) is 2.05. The Hall–Kier alpha value is -1.95. The molecule has 0 atom stereocenters. The maximum atomic E-state index is 9.34. The second-order valence-corrected chi connectivity index (χ2v) is 4.78. The summed E-state index contributed by atoms with van der Waals surface area (Å²) in [5.41, 5.74) is 10.0. The van der Waals surface area contributed by atoms with E-state index >= 15 is 0 Å². The van der Waals surface area contributed by atoms with Crippen molar-refractivity contribution in [1.82, 2.24) is 10.2 Å². The highest BCUT2D eigenvalue weighted by Gasteiger charge is 2.06. The van der Waals surface area contributed by atoms with Gasteiger partial charge in [-0.25, -0.2) is 0 Å². The van der Waals surface area contributed by atoms with E-state index in [-0.39, 0.29) is 0 Å². The molecule has 0 spiro atoms. The largest absolute Gasteiger partial charge is 0.433 e. The lowest BCUT2D eigenvalue weighted by atomic mass is 9.88. The van der Waals surface area contributed by atoms with Gasteiger partial charge in [0.05, 0.1) is 0 Å². The van der Waals surface area contributed by atoms with E-state index in [1.165, 1.54) is 11.1 Å². The number of aryl methyl sites for hydroxylation is 3. The standard InChI is InChI=1S/C13H19BN4O/c1-9-3-5-11(16-14(2)19)7-10(9)4-6-12-8-13(15)18-17-12/h3,5,7-8,16,19H,4,6H2,1-2H3,(H3,15,17,18). The first kappa shape index (κ1) is 13.5. The van der Waals surface area contributed by atoms with Crippen molar-refractivity contribution in [3.63, 3.8) is 0 Å². The molecular formula is C13H19BN4O. The van der Waals surface area contributed by atoms with Gasteiger partial charge in [-0.3, -0.25) is 5.10 Å². The molecule has 0 saturated carbocycles. The van der Waals surface area contributed by atoms with Gasteiger partial charge in [-0.15, -0.1) is 0 Å². The van der Waals surface area contributed by atoms with E-state index in [2.05, 4.69) is 34.5 Å². The zero-order chi connectivity index (χ0) is 13.8. The second kappa shape index (κ2) is 5.80. The van der Waals surface area contributed by atoms with Crippen LogP contribution < -0.4 is 11.0 Å². The fourth-order valence-electron chi connectivity index (χ4n) is 2.05. The number of rotatable bonds is 5. The molecule has 1 heterocycles. The molecule has 0 unspecified atom stereocenters. The average Bonchev–Trinajstić information content (AvgIpc) is 2.75. The van der Waals surface area contributed by atoms with Crippen molar-refractivity contribution in [2.75, 3.05) is 11.0 Å². The van der Waals surface area contributed by atoms with Gasteiger partial charge < -0.3 is 16.0 Å². The quantitative estimate of drug-likeness (QED) is 0.613. The summed E-state index contributed by atoms with van der Waals surface area (Å²) in [6.07, 6.45) is 1.77. The van der Waals surface area contributed by atoms with Gasteiger partial charge in [0.15, 0.2) is 0 Å². The number of hydrogen-bond donors (Lipinski definition) is 4. The Bertz CT molecular complexity index is 553. The molecule has 0 bridgehead atoms. The van der Waals surface area contributed by atoms with Crippen LogP contribution in [0.5, 0.6) is 0 Å². The van der Waals surface area contributed by atoms with Gasteiger partial charge >= 0.3 is 7.05 Å². The second-order valence-electron chi connectivity index (χ2n) is 4.78. The summed E-state index contributed by atoms with van der Waals surface area (Å²) < 4.78 is 0. The zero-order valence-electron chi connectivity index (χ0n) is 11.3. The van der Waals surface area contributed by atoms with Crippen molar-refractivity contribution >= 4 is 18.6 Å². The van der Waals surface area contributed by atoms with Crippen molar-refractivity contribution in [3.05, 3.63) is 41.1 Å². The molecular weight excluding hydrogens is 239 g/mol. The molecule has 100 valence electrons. The normalized spacial score (nSPS) is 10.5. The van der Waals surface area contributed by atoms with E-state index in [0.29, 0.717) is 5.82 Å². The molecule has 0 radical (unpaired) electrons. The van der Waals surface area contributed by atoms with Crippen molar-refractivity contribution in [3.8, 4) is 0 Å². The molecule has 0 aliphatic carbocycles. The van der Waals surface area contributed by atoms with Crippen molar-refractivity contribution < 1.29 is 5.02 Å². The molecule has 0 amide bonds. The number of aromatic amines is 1. The monoisotopic (exact) mass is 258 g/mol. The molecule has 5 N–H and O–H groups in total. The number of benzene rings is 1. The summed E-state index contributed by atoms with van der Waals surface area (Å²) in [5, 5.41) is 19.2. The Morgan fingerprint density at radius 1 is 1.37 bits per heavy atom. The lowest BCUT2D eigenvalue weighted by molar-refractivity contribution is 0.587. The molecule has 0 aliphatic heterocycles. The van der Waals surface area contributed by atoms with Gasteiger partial charge in [0.1, 0.15) is 5.82 Å². The first-order chi connectivity index (χ1) is 9.04. The van der Waals surface area contributed by atoms with Gasteiger partial charge in [-0.2, -0.15) is 5.10 Å². The lowest BCUT2D eigenvalue weighted by Crippen LogP contribution is -2.19. The molecule has 2 aromatic rings. The van der Waals surface area contributed by atoms with Crippen LogP contribution in [0.25, 0.3) is 0 Å². The highest BCUT2D eigenvalue weighted by Crippen LogP contribution is 2.17. The van der Waals surface area contributed by atoms with E-state index in [1.807, 2.05) is 12.1 Å². The van der Waals surface area contributed by atoms with Gasteiger partial charge in [-0.05, 0) is 49.8 Å². The van der Waals surface area contributed by atoms with Gasteiger partial charge in [0, 0.05) is 17.4 Å².